The minimum atomic E-state index is -0.159. The molecule has 1 aliphatic heterocycles. The Labute approximate surface area is 158 Å². The zero-order chi connectivity index (χ0) is 19.0. The van der Waals surface area contributed by atoms with Gasteiger partial charge in [0, 0.05) is 13.1 Å². The predicted molar refractivity (Wildman–Crippen MR) is 105 cm³/mol. The average Bonchev–Trinajstić information content (AvgIpc) is 3.11. The number of ether oxygens (including phenoxy) is 1. The lowest BCUT2D eigenvalue weighted by atomic mass is 9.90. The molecule has 0 bridgehead atoms. The second-order valence-corrected chi connectivity index (χ2v) is 7.37. The van der Waals surface area contributed by atoms with Gasteiger partial charge >= 0.3 is 6.01 Å². The average molecular weight is 367 g/mol. The third kappa shape index (κ3) is 3.35. The maximum absolute atomic E-state index is 12.6. The first-order valence-corrected chi connectivity index (χ1v) is 9.47. The molecule has 1 saturated heterocycles. The van der Waals surface area contributed by atoms with E-state index in [1.54, 1.807) is 17.9 Å². The van der Waals surface area contributed by atoms with Gasteiger partial charge < -0.3 is 10.1 Å². The van der Waals surface area contributed by atoms with E-state index in [2.05, 4.69) is 27.5 Å². The van der Waals surface area contributed by atoms with Crippen LogP contribution in [0.3, 0.4) is 0 Å². The van der Waals surface area contributed by atoms with Gasteiger partial charge in [-0.25, -0.2) is 4.68 Å². The van der Waals surface area contributed by atoms with Crippen LogP contribution in [0.15, 0.2) is 35.3 Å². The Morgan fingerprint density at radius 2 is 1.89 bits per heavy atom. The monoisotopic (exact) mass is 367 g/mol. The minimum absolute atomic E-state index is 0.110. The van der Waals surface area contributed by atoms with Gasteiger partial charge in [0.25, 0.3) is 5.56 Å². The maximum Gasteiger partial charge on any atom is 0.306 e. The minimum Gasteiger partial charge on any atom is -0.425 e. The molecule has 4 rings (SSSR count). The van der Waals surface area contributed by atoms with Crippen LogP contribution < -0.4 is 15.6 Å². The zero-order valence-corrected chi connectivity index (χ0v) is 16.0. The molecule has 0 radical (unpaired) electrons. The molecule has 3 heterocycles. The van der Waals surface area contributed by atoms with E-state index in [0.717, 1.165) is 25.9 Å². The third-order valence-electron chi connectivity index (χ3n) is 5.18. The van der Waals surface area contributed by atoms with E-state index in [-0.39, 0.29) is 17.6 Å². The quantitative estimate of drug-likeness (QED) is 0.767. The van der Waals surface area contributed by atoms with E-state index in [1.165, 1.54) is 10.1 Å². The number of hydrogen-bond acceptors (Lipinski definition) is 5. The molecule has 1 aromatic carbocycles. The molecule has 0 saturated carbocycles. The molecule has 142 valence electrons. The molecular formula is C20H25N5O2. The summed E-state index contributed by atoms with van der Waals surface area (Å²) in [5.41, 5.74) is 1.72. The van der Waals surface area contributed by atoms with Crippen LogP contribution >= 0.6 is 0 Å². The van der Waals surface area contributed by atoms with Crippen LogP contribution in [0.4, 0.5) is 0 Å². The van der Waals surface area contributed by atoms with Crippen LogP contribution in [0.5, 0.6) is 11.8 Å². The molecule has 2 aromatic heterocycles. The van der Waals surface area contributed by atoms with Crippen molar-refractivity contribution < 1.29 is 4.74 Å². The molecule has 3 aromatic rings. The topological polar surface area (TPSA) is 74.0 Å². The normalized spacial score (nSPS) is 15.6. The SMILES string of the molecule is CC(C)n1ncc2c(=O)n(C)c(Oc3ccc(C4CCNCC4)cc3)nc21. The Balaban J connectivity index is 1.63. The van der Waals surface area contributed by atoms with E-state index in [1.807, 2.05) is 26.0 Å². The van der Waals surface area contributed by atoms with E-state index in [4.69, 9.17) is 4.74 Å². The van der Waals surface area contributed by atoms with Gasteiger partial charge in [0.1, 0.15) is 11.1 Å². The Hall–Kier alpha value is -2.67. The van der Waals surface area contributed by atoms with Crippen molar-refractivity contribution >= 4 is 11.0 Å². The molecular weight excluding hydrogens is 342 g/mol. The fourth-order valence-electron chi connectivity index (χ4n) is 3.59. The van der Waals surface area contributed by atoms with Crippen molar-refractivity contribution in [3.05, 3.63) is 46.4 Å². The second kappa shape index (κ2) is 7.15. The number of nitrogens with one attached hydrogen (secondary N) is 1. The fourth-order valence-corrected chi connectivity index (χ4v) is 3.59. The number of benzene rings is 1. The van der Waals surface area contributed by atoms with Gasteiger partial charge in [0.2, 0.25) is 0 Å². The first kappa shape index (κ1) is 17.7. The molecule has 0 atom stereocenters. The summed E-state index contributed by atoms with van der Waals surface area (Å²) in [7, 11) is 1.67. The van der Waals surface area contributed by atoms with Crippen LogP contribution in [0.25, 0.3) is 11.0 Å². The first-order chi connectivity index (χ1) is 13.0. The summed E-state index contributed by atoms with van der Waals surface area (Å²) in [5.74, 6) is 1.27. The van der Waals surface area contributed by atoms with E-state index in [9.17, 15) is 4.79 Å². The van der Waals surface area contributed by atoms with Gasteiger partial charge in [-0.2, -0.15) is 10.1 Å². The molecule has 0 spiro atoms. The largest absolute Gasteiger partial charge is 0.425 e. The molecule has 7 heteroatoms. The van der Waals surface area contributed by atoms with Gasteiger partial charge in [-0.05, 0) is 63.4 Å². The van der Waals surface area contributed by atoms with Crippen molar-refractivity contribution in [2.24, 2.45) is 7.05 Å². The molecule has 1 aliphatic rings. The van der Waals surface area contributed by atoms with Crippen LogP contribution in [0.1, 0.15) is 44.2 Å². The van der Waals surface area contributed by atoms with Gasteiger partial charge in [0.15, 0.2) is 5.65 Å². The summed E-state index contributed by atoms with van der Waals surface area (Å²) in [6.45, 7) is 6.15. The van der Waals surface area contributed by atoms with Crippen molar-refractivity contribution in [1.82, 2.24) is 24.6 Å². The highest BCUT2D eigenvalue weighted by atomic mass is 16.5. The van der Waals surface area contributed by atoms with Crippen molar-refractivity contribution in [3.8, 4) is 11.8 Å². The third-order valence-corrected chi connectivity index (χ3v) is 5.18. The highest BCUT2D eigenvalue weighted by molar-refractivity contribution is 5.73. The second-order valence-electron chi connectivity index (χ2n) is 7.37. The Morgan fingerprint density at radius 1 is 1.19 bits per heavy atom. The maximum atomic E-state index is 12.6. The highest BCUT2D eigenvalue weighted by Crippen LogP contribution is 2.28. The smallest absolute Gasteiger partial charge is 0.306 e. The Morgan fingerprint density at radius 3 is 2.56 bits per heavy atom. The number of rotatable bonds is 4. The van der Waals surface area contributed by atoms with Crippen molar-refractivity contribution in [2.75, 3.05) is 13.1 Å². The summed E-state index contributed by atoms with van der Waals surface area (Å²) in [5, 5.41) is 8.18. The molecule has 7 nitrogen and oxygen atoms in total. The lowest BCUT2D eigenvalue weighted by molar-refractivity contribution is 0.412. The van der Waals surface area contributed by atoms with Crippen molar-refractivity contribution in [2.45, 2.75) is 38.6 Å². The number of aromatic nitrogens is 4. The number of hydrogen-bond donors (Lipinski definition) is 1. The predicted octanol–water partition coefficient (Wildman–Crippen LogP) is 2.97. The van der Waals surface area contributed by atoms with Crippen LogP contribution in [0, 0.1) is 0 Å². The highest BCUT2D eigenvalue weighted by Gasteiger charge is 2.17. The summed E-state index contributed by atoms with van der Waals surface area (Å²) in [4.78, 5) is 17.2. The number of nitrogens with zero attached hydrogens (tertiary/aromatic N) is 4. The van der Waals surface area contributed by atoms with Crippen LogP contribution in [-0.4, -0.2) is 32.4 Å². The number of piperidine rings is 1. The van der Waals surface area contributed by atoms with Crippen LogP contribution in [-0.2, 0) is 7.05 Å². The van der Waals surface area contributed by atoms with E-state index in [0.29, 0.717) is 22.7 Å². The zero-order valence-electron chi connectivity index (χ0n) is 16.0. The van der Waals surface area contributed by atoms with Gasteiger partial charge in [-0.1, -0.05) is 12.1 Å². The summed E-state index contributed by atoms with van der Waals surface area (Å²) in [6.07, 6.45) is 3.89. The Bertz CT molecular complexity index is 998. The lowest BCUT2D eigenvalue weighted by Gasteiger charge is -2.23. The molecule has 27 heavy (non-hydrogen) atoms. The van der Waals surface area contributed by atoms with Crippen molar-refractivity contribution in [3.63, 3.8) is 0 Å². The molecule has 1 fully saturated rings. The summed E-state index contributed by atoms with van der Waals surface area (Å²) >= 11 is 0. The molecule has 0 unspecified atom stereocenters. The first-order valence-electron chi connectivity index (χ1n) is 9.47. The van der Waals surface area contributed by atoms with E-state index < -0.39 is 0 Å². The molecule has 0 aliphatic carbocycles. The van der Waals surface area contributed by atoms with Gasteiger partial charge in [0.05, 0.1) is 6.20 Å². The summed E-state index contributed by atoms with van der Waals surface area (Å²) < 4.78 is 9.11. The number of fused-ring (bicyclic) bond motifs is 1. The molecule has 0 amide bonds. The summed E-state index contributed by atoms with van der Waals surface area (Å²) in [6, 6.07) is 8.51. The van der Waals surface area contributed by atoms with E-state index >= 15 is 0 Å². The standard InChI is InChI=1S/C20H25N5O2/c1-13(2)25-18-17(12-22-25)19(26)24(3)20(23-18)27-16-6-4-14(5-7-16)15-8-10-21-11-9-15/h4-7,12-13,15,21H,8-11H2,1-3H3. The van der Waals surface area contributed by atoms with Crippen LogP contribution in [0.2, 0.25) is 0 Å². The molecule has 1 N–H and O–H groups in total. The lowest BCUT2D eigenvalue weighted by Crippen LogP contribution is -2.26. The van der Waals surface area contributed by atoms with Gasteiger partial charge in [-0.15, -0.1) is 0 Å². The van der Waals surface area contributed by atoms with Gasteiger partial charge in [-0.3, -0.25) is 9.36 Å². The van der Waals surface area contributed by atoms with Crippen molar-refractivity contribution in [1.29, 1.82) is 0 Å². The fraction of sp³-hybridized carbons (Fsp3) is 0.450. The Kier molecular flexibility index (Phi) is 4.70.